The first-order valence-corrected chi connectivity index (χ1v) is 20.6. The Kier molecular flexibility index (Phi) is 16.1. The predicted octanol–water partition coefficient (Wildman–Crippen LogP) is 5.33. The summed E-state index contributed by atoms with van der Waals surface area (Å²) in [4.78, 5) is 77.4. The number of likely N-dealkylation sites (tertiary alicyclic amines) is 2. The van der Waals surface area contributed by atoms with Gasteiger partial charge in [-0.05, 0) is 78.3 Å². The fraction of sp³-hybridized carbons (Fsp3) is 0.463. The quantitative estimate of drug-likeness (QED) is 0.109. The van der Waals surface area contributed by atoms with Crippen molar-refractivity contribution >= 4 is 47.1 Å². The highest BCUT2D eigenvalue weighted by molar-refractivity contribution is 7.99. The largest absolute Gasteiger partial charge is 0.497 e. The molecular weight excluding hydrogens is 801 g/mol. The third kappa shape index (κ3) is 13.0. The van der Waals surface area contributed by atoms with Crippen LogP contribution in [0.15, 0.2) is 72.8 Å². The molecule has 4 amide bonds. The lowest BCUT2D eigenvalue weighted by molar-refractivity contribution is -0.385. The van der Waals surface area contributed by atoms with Gasteiger partial charge in [-0.3, -0.25) is 34.7 Å². The van der Waals surface area contributed by atoms with Crippen LogP contribution in [0.2, 0.25) is 0 Å². The van der Waals surface area contributed by atoms with Crippen LogP contribution in [0.5, 0.6) is 5.75 Å². The molecule has 3 aromatic carbocycles. The van der Waals surface area contributed by atoms with Gasteiger partial charge in [-0.15, -0.1) is 0 Å². The Morgan fingerprint density at radius 3 is 2.02 bits per heavy atom. The predicted molar refractivity (Wildman–Crippen MR) is 220 cm³/mol. The molecule has 19 heteroatoms. The van der Waals surface area contributed by atoms with E-state index >= 15 is 0 Å². The van der Waals surface area contributed by atoms with Gasteiger partial charge in [0.05, 0.1) is 35.5 Å². The normalized spacial score (nSPS) is 18.4. The zero-order valence-corrected chi connectivity index (χ0v) is 34.4. The van der Waals surface area contributed by atoms with Crippen LogP contribution in [0, 0.1) is 26.1 Å². The van der Waals surface area contributed by atoms with E-state index in [0.717, 1.165) is 11.3 Å². The van der Waals surface area contributed by atoms with Crippen LogP contribution in [0.3, 0.4) is 0 Å². The van der Waals surface area contributed by atoms with E-state index in [9.17, 15) is 44.5 Å². The fourth-order valence-electron chi connectivity index (χ4n) is 7.02. The van der Waals surface area contributed by atoms with Crippen LogP contribution in [0.25, 0.3) is 0 Å². The maximum absolute atomic E-state index is 14.1. The second-order valence-electron chi connectivity index (χ2n) is 15.2. The Hall–Kier alpha value is -5.95. The molecule has 3 N–H and O–H groups in total. The third-order valence-corrected chi connectivity index (χ3v) is 11.5. The molecule has 3 aromatic rings. The van der Waals surface area contributed by atoms with Crippen molar-refractivity contribution in [1.29, 1.82) is 0 Å². The lowest BCUT2D eigenvalue weighted by Gasteiger charge is -2.27. The smallest absolute Gasteiger partial charge is 0.410 e. The Morgan fingerprint density at radius 2 is 1.45 bits per heavy atom. The summed E-state index contributed by atoms with van der Waals surface area (Å²) < 4.78 is 16.1. The zero-order chi connectivity index (χ0) is 43.3. The molecule has 0 unspecified atom stereocenters. The molecule has 0 saturated carbocycles. The van der Waals surface area contributed by atoms with Crippen molar-refractivity contribution < 1.29 is 48.3 Å². The molecule has 60 heavy (non-hydrogen) atoms. The van der Waals surface area contributed by atoms with Gasteiger partial charge in [0.1, 0.15) is 25.0 Å². The topological polar surface area (TPSA) is 233 Å². The molecule has 0 aliphatic carbocycles. The van der Waals surface area contributed by atoms with Crippen molar-refractivity contribution in [2.24, 2.45) is 5.92 Å². The first-order valence-electron chi connectivity index (χ1n) is 19.5. The number of alkyl carbamates (subject to hydrolysis) is 1. The number of benzene rings is 3. The Bertz CT molecular complexity index is 1970. The molecule has 0 aromatic heterocycles. The lowest BCUT2D eigenvalue weighted by atomic mass is 9.97. The van der Waals surface area contributed by atoms with Crippen LogP contribution >= 0.6 is 11.8 Å². The number of carbonyl (C=O) groups is 4. The highest BCUT2D eigenvalue weighted by Gasteiger charge is 2.44. The molecule has 18 nitrogen and oxygen atoms in total. The van der Waals surface area contributed by atoms with Crippen molar-refractivity contribution in [3.8, 4) is 5.75 Å². The Morgan fingerprint density at radius 1 is 0.867 bits per heavy atom. The summed E-state index contributed by atoms with van der Waals surface area (Å²) in [6.07, 6.45) is -1.90. The fourth-order valence-corrected chi connectivity index (χ4v) is 8.22. The first kappa shape index (κ1) is 45.1. The number of aliphatic hydroxyl groups excluding tert-OH is 1. The molecule has 2 aliphatic rings. The summed E-state index contributed by atoms with van der Waals surface area (Å²) in [6.45, 7) is 4.29. The van der Waals surface area contributed by atoms with Crippen LogP contribution in [0.1, 0.15) is 56.2 Å². The standard InChI is InChI=1S/C41H50N6O12S/c1-26(2)18-35(43-40(51)58-23-27-4-10-31(11-5-27)46(53)54)37(48)20-38(49)42-30-16-17-44(21-30)39(50)36-19-34(60-25-29-8-14-33(57-3)15-9-29)22-45(36)41(52)59-24-28-6-12-32(13-7-28)47(55)56/h4-15,26,30,34-37,48H,16-25H2,1-3H3,(H,42,49)(H,43,51)/t30-,34-,35-,36-,37-/m0/s1. The molecule has 5 atom stereocenters. The number of ether oxygens (including phenoxy) is 3. The molecule has 322 valence electrons. The van der Waals surface area contributed by atoms with Crippen LogP contribution in [0.4, 0.5) is 21.0 Å². The van der Waals surface area contributed by atoms with Gasteiger partial charge in [0.15, 0.2) is 0 Å². The Balaban J connectivity index is 1.15. The number of rotatable bonds is 18. The van der Waals surface area contributed by atoms with Gasteiger partial charge in [0, 0.05) is 60.9 Å². The minimum Gasteiger partial charge on any atom is -0.497 e. The van der Waals surface area contributed by atoms with E-state index in [0.29, 0.717) is 42.7 Å². The summed E-state index contributed by atoms with van der Waals surface area (Å²) in [6, 6.07) is 16.8. The van der Waals surface area contributed by atoms with Crippen molar-refractivity contribution in [3.05, 3.63) is 110 Å². The number of hydrogen-bond acceptors (Lipinski definition) is 13. The van der Waals surface area contributed by atoms with Gasteiger partial charge in [-0.25, -0.2) is 9.59 Å². The van der Waals surface area contributed by atoms with Gasteiger partial charge in [0.2, 0.25) is 11.8 Å². The molecule has 2 aliphatic heterocycles. The molecular formula is C41H50N6O12S. The van der Waals surface area contributed by atoms with E-state index in [1.165, 1.54) is 53.4 Å². The average molecular weight is 851 g/mol. The Labute approximate surface area is 351 Å². The van der Waals surface area contributed by atoms with Crippen LogP contribution in [-0.4, -0.2) is 105 Å². The third-order valence-electron chi connectivity index (χ3n) is 10.2. The highest BCUT2D eigenvalue weighted by Crippen LogP contribution is 2.33. The molecule has 2 fully saturated rings. The minimum atomic E-state index is -1.25. The number of amides is 4. The molecule has 0 radical (unpaired) electrons. The summed E-state index contributed by atoms with van der Waals surface area (Å²) in [5.41, 5.74) is 1.95. The number of thioether (sulfide) groups is 1. The second kappa shape index (κ2) is 21.3. The van der Waals surface area contributed by atoms with Crippen molar-refractivity contribution in [2.45, 2.75) is 88.0 Å². The number of hydrogen-bond donors (Lipinski definition) is 3. The van der Waals surface area contributed by atoms with E-state index in [-0.39, 0.29) is 61.2 Å². The van der Waals surface area contributed by atoms with E-state index in [2.05, 4.69) is 10.6 Å². The number of nitrogens with zero attached hydrogens (tertiary/aromatic N) is 4. The molecule has 0 bridgehead atoms. The SMILES string of the molecule is COc1ccc(CS[C@H]2C[C@@H](C(=O)N3CC[C@H](NC(=O)C[C@H](O)[C@H](CC(C)C)NC(=O)OCc4ccc([N+](=O)[O-])cc4)C3)N(C(=O)OCc3ccc([N+](=O)[O-])cc3)C2)cc1. The van der Waals surface area contributed by atoms with E-state index in [4.69, 9.17) is 14.2 Å². The number of carbonyl (C=O) groups excluding carboxylic acids is 4. The number of nitro benzene ring substituents is 2. The van der Waals surface area contributed by atoms with E-state index in [1.807, 2.05) is 38.1 Å². The molecule has 5 rings (SSSR count). The van der Waals surface area contributed by atoms with E-state index < -0.39 is 52.2 Å². The van der Waals surface area contributed by atoms with Crippen LogP contribution < -0.4 is 15.4 Å². The van der Waals surface area contributed by atoms with Crippen LogP contribution in [-0.2, 0) is 38.0 Å². The van der Waals surface area contributed by atoms with Crippen molar-refractivity contribution in [2.75, 3.05) is 26.7 Å². The number of aliphatic hydroxyl groups is 1. The number of methoxy groups -OCH3 is 1. The van der Waals surface area contributed by atoms with Gasteiger partial charge in [-0.1, -0.05) is 26.0 Å². The zero-order valence-electron chi connectivity index (χ0n) is 33.6. The summed E-state index contributed by atoms with van der Waals surface area (Å²) in [7, 11) is 1.59. The summed E-state index contributed by atoms with van der Waals surface area (Å²) >= 11 is 1.62. The highest BCUT2D eigenvalue weighted by atomic mass is 32.2. The monoisotopic (exact) mass is 850 g/mol. The van der Waals surface area contributed by atoms with Crippen molar-refractivity contribution in [1.82, 2.24) is 20.4 Å². The lowest BCUT2D eigenvalue weighted by Crippen LogP contribution is -2.49. The maximum atomic E-state index is 14.1. The maximum Gasteiger partial charge on any atom is 0.410 e. The first-order chi connectivity index (χ1) is 28.7. The average Bonchev–Trinajstić information content (AvgIpc) is 3.88. The minimum absolute atomic E-state index is 0.0484. The summed E-state index contributed by atoms with van der Waals surface area (Å²) in [5.74, 6) is 0.677. The van der Waals surface area contributed by atoms with Gasteiger partial charge < -0.3 is 34.9 Å². The molecule has 2 saturated heterocycles. The molecule has 0 spiro atoms. The molecule has 2 heterocycles. The van der Waals surface area contributed by atoms with Gasteiger partial charge >= 0.3 is 12.2 Å². The van der Waals surface area contributed by atoms with E-state index in [1.54, 1.807) is 23.8 Å². The summed E-state index contributed by atoms with van der Waals surface area (Å²) in [5, 5.41) is 38.5. The van der Waals surface area contributed by atoms with Gasteiger partial charge in [0.25, 0.3) is 11.4 Å². The van der Waals surface area contributed by atoms with Crippen molar-refractivity contribution in [3.63, 3.8) is 0 Å². The number of non-ortho nitro benzene ring substituents is 2. The number of nitro groups is 2. The van der Waals surface area contributed by atoms with Gasteiger partial charge in [-0.2, -0.15) is 11.8 Å². The number of nitrogens with one attached hydrogen (secondary N) is 2. The second-order valence-corrected chi connectivity index (χ2v) is 16.4.